The van der Waals surface area contributed by atoms with E-state index in [2.05, 4.69) is 30.9 Å². The molecular weight excluding hydrogens is 663 g/mol. The van der Waals surface area contributed by atoms with Gasteiger partial charge in [-0.2, -0.15) is 0 Å². The molecule has 314 valence electrons. The average molecular weight is 752 g/mol. The molecule has 0 heterocycles. The fraction of sp³-hybridized carbons (Fsp3) is 0.913. The summed E-state index contributed by atoms with van der Waals surface area (Å²) in [5, 5.41) is 0. The van der Waals surface area contributed by atoms with Gasteiger partial charge >= 0.3 is 12.1 Å². The summed E-state index contributed by atoms with van der Waals surface area (Å²) >= 11 is 0. The van der Waals surface area contributed by atoms with Crippen molar-refractivity contribution in [2.45, 2.75) is 232 Å². The lowest BCUT2D eigenvalue weighted by atomic mass is 10.0. The summed E-state index contributed by atoms with van der Waals surface area (Å²) in [6.07, 6.45) is 41.7. The lowest BCUT2D eigenvalue weighted by Gasteiger charge is -2.18. The Hall–Kier alpha value is -1.60. The first-order valence-electron chi connectivity index (χ1n) is 22.8. The van der Waals surface area contributed by atoms with Gasteiger partial charge in [0.05, 0.1) is 13.2 Å². The molecule has 0 rings (SSSR count). The van der Waals surface area contributed by atoms with E-state index < -0.39 is 6.16 Å². The van der Waals surface area contributed by atoms with E-state index >= 15 is 0 Å². The van der Waals surface area contributed by atoms with Crippen LogP contribution >= 0.6 is 0 Å². The van der Waals surface area contributed by atoms with Gasteiger partial charge < -0.3 is 23.8 Å². The van der Waals surface area contributed by atoms with Crippen LogP contribution in [0, 0.1) is 0 Å². The molecule has 0 fully saturated rings. The van der Waals surface area contributed by atoms with E-state index in [-0.39, 0.29) is 18.2 Å². The minimum atomic E-state index is -0.566. The molecule has 0 saturated carbocycles. The van der Waals surface area contributed by atoms with Gasteiger partial charge in [0, 0.05) is 26.5 Å². The van der Waals surface area contributed by atoms with Crippen LogP contribution in [0.1, 0.15) is 220 Å². The molecular formula is C46H89NO6. The molecule has 0 aromatic heterocycles. The Kier molecular flexibility index (Phi) is 40.3. The second kappa shape index (κ2) is 41.6. The number of nitrogens with zero attached hydrogens (tertiary/aromatic N) is 1. The highest BCUT2D eigenvalue weighted by atomic mass is 16.7. The van der Waals surface area contributed by atoms with Gasteiger partial charge in [-0.25, -0.2) is 4.79 Å². The Bertz CT molecular complexity index is 803. The lowest BCUT2D eigenvalue weighted by Crippen LogP contribution is -2.25. The SMILES string of the molecule is CCCCCCCCCCCCCCCCCCOCC(CCCCCCCC/C=C\CC(CCCCCC)OC(C)=O)OC(=O)OCCCN(C)C. The van der Waals surface area contributed by atoms with Gasteiger partial charge in [0.25, 0.3) is 0 Å². The highest BCUT2D eigenvalue weighted by molar-refractivity contribution is 5.66. The maximum absolute atomic E-state index is 12.4. The third-order valence-electron chi connectivity index (χ3n) is 10.1. The van der Waals surface area contributed by atoms with Gasteiger partial charge in [0.2, 0.25) is 0 Å². The van der Waals surface area contributed by atoms with Crippen LogP contribution in [0.25, 0.3) is 0 Å². The maximum Gasteiger partial charge on any atom is 0.508 e. The lowest BCUT2D eigenvalue weighted by molar-refractivity contribution is -0.146. The zero-order valence-electron chi connectivity index (χ0n) is 36.0. The van der Waals surface area contributed by atoms with E-state index in [1.54, 1.807) is 0 Å². The fourth-order valence-electron chi connectivity index (χ4n) is 6.82. The molecule has 53 heavy (non-hydrogen) atoms. The summed E-state index contributed by atoms with van der Waals surface area (Å²) in [5.41, 5.74) is 0. The Morgan fingerprint density at radius 1 is 0.528 bits per heavy atom. The van der Waals surface area contributed by atoms with Crippen LogP contribution in [-0.2, 0) is 23.7 Å². The molecule has 0 bridgehead atoms. The first-order valence-corrected chi connectivity index (χ1v) is 22.8. The Labute approximate surface area is 329 Å². The number of hydrogen-bond acceptors (Lipinski definition) is 7. The molecule has 0 aromatic rings. The molecule has 0 saturated heterocycles. The van der Waals surface area contributed by atoms with E-state index in [1.165, 1.54) is 148 Å². The topological polar surface area (TPSA) is 74.3 Å². The van der Waals surface area contributed by atoms with E-state index in [1.807, 2.05) is 14.1 Å². The Morgan fingerprint density at radius 2 is 1.00 bits per heavy atom. The zero-order chi connectivity index (χ0) is 38.9. The van der Waals surface area contributed by atoms with Crippen molar-refractivity contribution in [3.8, 4) is 0 Å². The molecule has 0 amide bonds. The minimum Gasteiger partial charge on any atom is -0.462 e. The number of ether oxygens (including phenoxy) is 4. The number of hydrogen-bond donors (Lipinski definition) is 0. The molecule has 7 nitrogen and oxygen atoms in total. The highest BCUT2D eigenvalue weighted by Gasteiger charge is 2.16. The smallest absolute Gasteiger partial charge is 0.462 e. The van der Waals surface area contributed by atoms with Crippen molar-refractivity contribution < 1.29 is 28.5 Å². The van der Waals surface area contributed by atoms with Crippen molar-refractivity contribution in [2.75, 3.05) is 40.5 Å². The number of esters is 1. The van der Waals surface area contributed by atoms with Crippen molar-refractivity contribution in [3.05, 3.63) is 12.2 Å². The van der Waals surface area contributed by atoms with E-state index in [9.17, 15) is 9.59 Å². The number of rotatable bonds is 41. The Balaban J connectivity index is 4.10. The highest BCUT2D eigenvalue weighted by Crippen LogP contribution is 2.16. The first kappa shape index (κ1) is 51.4. The molecule has 0 spiro atoms. The van der Waals surface area contributed by atoms with Crippen molar-refractivity contribution in [1.29, 1.82) is 0 Å². The summed E-state index contributed by atoms with van der Waals surface area (Å²) in [7, 11) is 4.03. The number of carbonyl (C=O) groups is 2. The van der Waals surface area contributed by atoms with Crippen LogP contribution < -0.4 is 0 Å². The molecule has 0 aromatic carbocycles. The van der Waals surface area contributed by atoms with Gasteiger partial charge in [0.1, 0.15) is 12.2 Å². The van der Waals surface area contributed by atoms with Gasteiger partial charge in [-0.3, -0.25) is 4.79 Å². The Morgan fingerprint density at radius 3 is 1.53 bits per heavy atom. The predicted octanol–water partition coefficient (Wildman–Crippen LogP) is 13.7. The molecule has 0 radical (unpaired) electrons. The van der Waals surface area contributed by atoms with Gasteiger partial charge in [-0.15, -0.1) is 0 Å². The third-order valence-corrected chi connectivity index (χ3v) is 10.1. The van der Waals surface area contributed by atoms with Crippen molar-refractivity contribution >= 4 is 12.1 Å². The van der Waals surface area contributed by atoms with Gasteiger partial charge in [-0.05, 0) is 65.5 Å². The molecule has 0 N–H and O–H groups in total. The largest absolute Gasteiger partial charge is 0.508 e. The second-order valence-electron chi connectivity index (χ2n) is 15.9. The van der Waals surface area contributed by atoms with E-state index in [4.69, 9.17) is 18.9 Å². The fourth-order valence-corrected chi connectivity index (χ4v) is 6.82. The van der Waals surface area contributed by atoms with Crippen LogP contribution in [-0.4, -0.2) is 69.7 Å². The zero-order valence-corrected chi connectivity index (χ0v) is 36.0. The van der Waals surface area contributed by atoms with E-state index in [0.29, 0.717) is 13.2 Å². The average Bonchev–Trinajstić information content (AvgIpc) is 3.13. The maximum atomic E-state index is 12.4. The van der Waals surface area contributed by atoms with Crippen molar-refractivity contribution in [3.63, 3.8) is 0 Å². The van der Waals surface area contributed by atoms with Crippen LogP contribution in [0.5, 0.6) is 0 Å². The standard InChI is InChI=1S/C46H89NO6/c1-6-8-10-12-13-14-15-16-17-18-19-20-24-27-30-34-40-50-42-45(53-46(49)51-41-35-39-47(4)5)38-33-29-26-23-21-22-25-28-32-37-44(52-43(3)48)36-31-11-9-7-2/h28,32,44-45H,6-27,29-31,33-42H2,1-5H3/b32-28-. The molecule has 0 aliphatic heterocycles. The summed E-state index contributed by atoms with van der Waals surface area (Å²) in [4.78, 5) is 25.9. The van der Waals surface area contributed by atoms with Crippen LogP contribution in [0.15, 0.2) is 12.2 Å². The monoisotopic (exact) mass is 752 g/mol. The minimum absolute atomic E-state index is 0.0162. The molecule has 0 aliphatic carbocycles. The number of carbonyl (C=O) groups excluding carboxylic acids is 2. The molecule has 0 aliphatic rings. The van der Waals surface area contributed by atoms with Crippen molar-refractivity contribution in [1.82, 2.24) is 4.90 Å². The predicted molar refractivity (Wildman–Crippen MR) is 225 cm³/mol. The molecule has 2 unspecified atom stereocenters. The van der Waals surface area contributed by atoms with Gasteiger partial charge in [-0.1, -0.05) is 167 Å². The van der Waals surface area contributed by atoms with Gasteiger partial charge in [0.15, 0.2) is 0 Å². The summed E-state index contributed by atoms with van der Waals surface area (Å²) < 4.78 is 22.6. The van der Waals surface area contributed by atoms with Crippen molar-refractivity contribution in [2.24, 2.45) is 0 Å². The van der Waals surface area contributed by atoms with Crippen LogP contribution in [0.2, 0.25) is 0 Å². The molecule has 2 atom stereocenters. The number of unbranched alkanes of at least 4 members (excludes halogenated alkanes) is 24. The van der Waals surface area contributed by atoms with Crippen LogP contribution in [0.3, 0.4) is 0 Å². The summed E-state index contributed by atoms with van der Waals surface area (Å²) in [5.74, 6) is -0.176. The van der Waals surface area contributed by atoms with Crippen LogP contribution in [0.4, 0.5) is 4.79 Å². The quantitative estimate of drug-likeness (QED) is 0.0350. The normalized spacial score (nSPS) is 12.8. The number of allylic oxidation sites excluding steroid dienone is 1. The summed E-state index contributed by atoms with van der Waals surface area (Å²) in [6.45, 7) is 8.45. The first-order chi connectivity index (χ1) is 25.9. The molecule has 7 heteroatoms. The third kappa shape index (κ3) is 41.4. The second-order valence-corrected chi connectivity index (χ2v) is 15.9. The summed E-state index contributed by atoms with van der Waals surface area (Å²) in [6, 6.07) is 0. The van der Waals surface area contributed by atoms with E-state index in [0.717, 1.165) is 70.9 Å².